The molecular formula is C12H20N2O2. The van der Waals surface area contributed by atoms with Gasteiger partial charge in [-0.15, -0.1) is 0 Å². The van der Waals surface area contributed by atoms with Crippen LogP contribution < -0.4 is 0 Å². The minimum atomic E-state index is -0.379. The molecule has 0 unspecified atom stereocenters. The Morgan fingerprint density at radius 2 is 1.81 bits per heavy atom. The van der Waals surface area contributed by atoms with E-state index < -0.39 is 0 Å². The highest BCUT2D eigenvalue weighted by molar-refractivity contribution is 5.82. The lowest BCUT2D eigenvalue weighted by Crippen LogP contribution is -1.97. The van der Waals surface area contributed by atoms with Crippen molar-refractivity contribution in [1.29, 1.82) is 5.26 Å². The molecular weight excluding hydrogens is 204 g/mol. The summed E-state index contributed by atoms with van der Waals surface area (Å²) < 4.78 is 0. The lowest BCUT2D eigenvalue weighted by atomic mass is 10.1. The third-order valence-corrected chi connectivity index (χ3v) is 2.16. The van der Waals surface area contributed by atoms with Crippen LogP contribution in [0.25, 0.3) is 0 Å². The average Bonchev–Trinajstić information content (AvgIpc) is 2.25. The van der Waals surface area contributed by atoms with Crippen LogP contribution in [0.3, 0.4) is 0 Å². The highest BCUT2D eigenvalue weighted by Gasteiger charge is 1.96. The van der Waals surface area contributed by atoms with Crippen molar-refractivity contribution in [3.8, 4) is 6.07 Å². The molecule has 0 aromatic heterocycles. The predicted molar refractivity (Wildman–Crippen MR) is 62.8 cm³/mol. The van der Waals surface area contributed by atoms with E-state index in [0.29, 0.717) is 6.42 Å². The zero-order valence-electron chi connectivity index (χ0n) is 10.2. The maximum Gasteiger partial charge on any atom is 0.331 e. The van der Waals surface area contributed by atoms with E-state index in [1.54, 1.807) is 0 Å². The Bertz CT molecular complexity index is 267. The van der Waals surface area contributed by atoms with Gasteiger partial charge in [0.25, 0.3) is 0 Å². The van der Waals surface area contributed by atoms with Crippen LogP contribution in [0.4, 0.5) is 0 Å². The summed E-state index contributed by atoms with van der Waals surface area (Å²) in [5.41, 5.74) is 0.854. The Morgan fingerprint density at radius 1 is 1.19 bits per heavy atom. The zero-order valence-corrected chi connectivity index (χ0v) is 10.2. The maximum atomic E-state index is 10.5. The van der Waals surface area contributed by atoms with Gasteiger partial charge in [0.2, 0.25) is 0 Å². The molecule has 16 heavy (non-hydrogen) atoms. The normalized spacial score (nSPS) is 10.9. The second kappa shape index (κ2) is 10.2. The third-order valence-electron chi connectivity index (χ3n) is 2.16. The largest absolute Gasteiger partial charge is 0.331 e. The van der Waals surface area contributed by atoms with Crippen molar-refractivity contribution in [1.82, 2.24) is 0 Å². The highest BCUT2D eigenvalue weighted by Crippen LogP contribution is 2.07. The summed E-state index contributed by atoms with van der Waals surface area (Å²) >= 11 is 0. The molecule has 0 aromatic rings. The van der Waals surface area contributed by atoms with Gasteiger partial charge < -0.3 is 4.84 Å². The van der Waals surface area contributed by atoms with E-state index in [1.165, 1.54) is 6.92 Å². The lowest BCUT2D eigenvalue weighted by molar-refractivity contribution is -0.140. The van der Waals surface area contributed by atoms with E-state index in [2.05, 4.69) is 16.1 Å². The molecule has 4 nitrogen and oxygen atoms in total. The molecule has 0 amide bonds. The van der Waals surface area contributed by atoms with Gasteiger partial charge in [-0.3, -0.25) is 0 Å². The van der Waals surface area contributed by atoms with Crippen molar-refractivity contribution in [2.45, 2.75) is 58.8 Å². The van der Waals surface area contributed by atoms with Crippen LogP contribution in [-0.2, 0) is 9.63 Å². The van der Waals surface area contributed by atoms with Crippen molar-refractivity contribution in [3.63, 3.8) is 0 Å². The summed E-state index contributed by atoms with van der Waals surface area (Å²) in [5.74, 6) is -0.379. The van der Waals surface area contributed by atoms with Gasteiger partial charge in [-0.2, -0.15) is 5.26 Å². The van der Waals surface area contributed by atoms with Crippen molar-refractivity contribution in [2.75, 3.05) is 0 Å². The predicted octanol–water partition coefficient (Wildman–Crippen LogP) is 3.18. The fourth-order valence-electron chi connectivity index (χ4n) is 1.30. The van der Waals surface area contributed by atoms with Crippen LogP contribution in [-0.4, -0.2) is 11.7 Å². The summed E-state index contributed by atoms with van der Waals surface area (Å²) in [6, 6.07) is 2.14. The van der Waals surface area contributed by atoms with E-state index in [0.717, 1.165) is 44.2 Å². The van der Waals surface area contributed by atoms with Crippen LogP contribution in [0.1, 0.15) is 58.8 Å². The third kappa shape index (κ3) is 10.7. The summed E-state index contributed by atoms with van der Waals surface area (Å²) in [5, 5.41) is 12.0. The molecule has 0 saturated carbocycles. The molecule has 0 atom stereocenters. The molecule has 90 valence electrons. The van der Waals surface area contributed by atoms with E-state index in [4.69, 9.17) is 5.26 Å². The van der Waals surface area contributed by atoms with E-state index in [9.17, 15) is 4.79 Å². The second-order valence-electron chi connectivity index (χ2n) is 3.84. The monoisotopic (exact) mass is 224 g/mol. The van der Waals surface area contributed by atoms with E-state index in [1.807, 2.05) is 6.92 Å². The molecule has 0 spiro atoms. The molecule has 0 fully saturated rings. The number of hydrogen-bond acceptors (Lipinski definition) is 4. The molecule has 0 aliphatic carbocycles. The van der Waals surface area contributed by atoms with Crippen LogP contribution in [0.5, 0.6) is 0 Å². The number of nitrogens with zero attached hydrogens (tertiary/aromatic N) is 2. The quantitative estimate of drug-likeness (QED) is 0.275. The fraction of sp³-hybridized carbons (Fsp3) is 0.750. The smallest absolute Gasteiger partial charge is 0.319 e. The number of nitriles is 1. The van der Waals surface area contributed by atoms with Gasteiger partial charge in [-0.05, 0) is 26.2 Å². The summed E-state index contributed by atoms with van der Waals surface area (Å²) in [7, 11) is 0. The molecule has 0 aromatic carbocycles. The molecule has 0 N–H and O–H groups in total. The first kappa shape index (κ1) is 14.6. The Balaban J connectivity index is 3.34. The van der Waals surface area contributed by atoms with Gasteiger partial charge in [0.15, 0.2) is 0 Å². The molecule has 0 saturated heterocycles. The topological polar surface area (TPSA) is 62.4 Å². The fourth-order valence-corrected chi connectivity index (χ4v) is 1.30. The van der Waals surface area contributed by atoms with Crippen molar-refractivity contribution in [3.05, 3.63) is 0 Å². The van der Waals surface area contributed by atoms with Crippen LogP contribution in [0, 0.1) is 11.3 Å². The standard InChI is InChI=1S/C12H20N2O2/c1-11(14-16-12(2)15)9-7-5-3-4-6-8-10-13/h3-9H2,1-2H3/b14-11+. The average molecular weight is 224 g/mol. The number of unbranched alkanes of at least 4 members (excludes halogenated alkanes) is 5. The summed E-state index contributed by atoms with van der Waals surface area (Å²) in [6.45, 7) is 3.20. The lowest BCUT2D eigenvalue weighted by Gasteiger charge is -2.00. The molecule has 0 radical (unpaired) electrons. The van der Waals surface area contributed by atoms with E-state index in [-0.39, 0.29) is 5.97 Å². The molecule has 0 aliphatic rings. The number of carbonyl (C=O) groups is 1. The van der Waals surface area contributed by atoms with Gasteiger partial charge >= 0.3 is 5.97 Å². The van der Waals surface area contributed by atoms with Gasteiger partial charge in [0, 0.05) is 13.3 Å². The van der Waals surface area contributed by atoms with E-state index >= 15 is 0 Å². The SMILES string of the molecule is CC(=O)O/N=C(\C)CCCCCCCC#N. The molecule has 0 aliphatic heterocycles. The Labute approximate surface area is 97.3 Å². The van der Waals surface area contributed by atoms with Gasteiger partial charge in [-0.25, -0.2) is 4.79 Å². The first-order valence-electron chi connectivity index (χ1n) is 5.75. The zero-order chi connectivity index (χ0) is 12.2. The van der Waals surface area contributed by atoms with Crippen molar-refractivity contribution >= 4 is 11.7 Å². The number of oxime groups is 1. The molecule has 0 bridgehead atoms. The number of rotatable bonds is 8. The van der Waals surface area contributed by atoms with Crippen LogP contribution in [0.15, 0.2) is 5.16 Å². The first-order chi connectivity index (χ1) is 7.66. The molecule has 0 heterocycles. The summed E-state index contributed by atoms with van der Waals surface area (Å²) in [4.78, 5) is 15.0. The maximum absolute atomic E-state index is 10.5. The Hall–Kier alpha value is -1.37. The minimum Gasteiger partial charge on any atom is -0.319 e. The molecule has 0 rings (SSSR count). The number of hydrogen-bond donors (Lipinski definition) is 0. The second-order valence-corrected chi connectivity index (χ2v) is 3.84. The van der Waals surface area contributed by atoms with Crippen LogP contribution in [0.2, 0.25) is 0 Å². The summed E-state index contributed by atoms with van der Waals surface area (Å²) in [6.07, 6.45) is 6.99. The van der Waals surface area contributed by atoms with Gasteiger partial charge in [-0.1, -0.05) is 24.4 Å². The van der Waals surface area contributed by atoms with Crippen molar-refractivity contribution in [2.24, 2.45) is 5.16 Å². The minimum absolute atomic E-state index is 0.379. The van der Waals surface area contributed by atoms with Crippen LogP contribution >= 0.6 is 0 Å². The number of carbonyl (C=O) groups excluding carboxylic acids is 1. The molecule has 4 heteroatoms. The first-order valence-corrected chi connectivity index (χ1v) is 5.75. The highest BCUT2D eigenvalue weighted by atomic mass is 16.7. The van der Waals surface area contributed by atoms with Gasteiger partial charge in [0.1, 0.15) is 0 Å². The Morgan fingerprint density at radius 3 is 2.44 bits per heavy atom. The van der Waals surface area contributed by atoms with Crippen molar-refractivity contribution < 1.29 is 9.63 Å². The Kier molecular flexibility index (Phi) is 9.29. The van der Waals surface area contributed by atoms with Gasteiger partial charge in [0.05, 0.1) is 11.8 Å².